The van der Waals surface area contributed by atoms with Gasteiger partial charge in [0.15, 0.2) is 5.78 Å². The van der Waals surface area contributed by atoms with Crippen molar-refractivity contribution < 1.29 is 4.79 Å². The average Bonchev–Trinajstić information content (AvgIpc) is 2.45. The molecule has 102 valence electrons. The maximum Gasteiger partial charge on any atom is 0.185 e. The summed E-state index contributed by atoms with van der Waals surface area (Å²) in [7, 11) is 0. The van der Waals surface area contributed by atoms with Crippen LogP contribution < -0.4 is 0 Å². The summed E-state index contributed by atoms with van der Waals surface area (Å²) >= 11 is 0. The van der Waals surface area contributed by atoms with Crippen molar-refractivity contribution in [2.45, 2.75) is 26.2 Å². The maximum atomic E-state index is 12.1. The zero-order chi connectivity index (χ0) is 14.6. The number of carbonyl (C=O) groups is 1. The second-order valence-corrected chi connectivity index (χ2v) is 5.94. The molecule has 0 heterocycles. The summed E-state index contributed by atoms with van der Waals surface area (Å²) < 4.78 is 0. The number of hydrogen-bond acceptors (Lipinski definition) is 1. The van der Waals surface area contributed by atoms with E-state index in [0.29, 0.717) is 0 Å². The van der Waals surface area contributed by atoms with Crippen LogP contribution in [-0.4, -0.2) is 5.78 Å². The molecule has 0 unspecified atom stereocenters. The number of allylic oxidation sites excluding steroid dienone is 1. The van der Waals surface area contributed by atoms with Crippen LogP contribution in [0.25, 0.3) is 6.08 Å². The van der Waals surface area contributed by atoms with Crippen molar-refractivity contribution in [3.05, 3.63) is 77.4 Å². The van der Waals surface area contributed by atoms with E-state index in [1.165, 1.54) is 5.56 Å². The van der Waals surface area contributed by atoms with Crippen molar-refractivity contribution in [1.29, 1.82) is 0 Å². The highest BCUT2D eigenvalue weighted by Crippen LogP contribution is 2.22. The van der Waals surface area contributed by atoms with E-state index in [1.807, 2.05) is 60.7 Å². The van der Waals surface area contributed by atoms with Gasteiger partial charge in [-0.15, -0.1) is 0 Å². The molecule has 2 rings (SSSR count). The predicted octanol–water partition coefficient (Wildman–Crippen LogP) is 4.88. The van der Waals surface area contributed by atoms with Crippen LogP contribution in [0.15, 0.2) is 60.7 Å². The molecule has 0 saturated carbocycles. The standard InChI is InChI=1S/C19H20O/c1-19(2,3)17-12-10-16(11-13-17)18(20)14-9-15-7-5-4-6-8-15/h4-14H,1-3H3. The molecule has 2 aromatic carbocycles. The van der Waals surface area contributed by atoms with Gasteiger partial charge in [0.25, 0.3) is 0 Å². The SMILES string of the molecule is CC(C)(C)c1ccc(C(=O)C=Cc2ccccc2)cc1. The van der Waals surface area contributed by atoms with E-state index in [-0.39, 0.29) is 11.2 Å². The van der Waals surface area contributed by atoms with Crippen LogP contribution in [-0.2, 0) is 5.41 Å². The largest absolute Gasteiger partial charge is 0.289 e. The quantitative estimate of drug-likeness (QED) is 0.570. The van der Waals surface area contributed by atoms with E-state index >= 15 is 0 Å². The van der Waals surface area contributed by atoms with E-state index < -0.39 is 0 Å². The van der Waals surface area contributed by atoms with E-state index in [0.717, 1.165) is 11.1 Å². The van der Waals surface area contributed by atoms with Crippen LogP contribution in [0.4, 0.5) is 0 Å². The van der Waals surface area contributed by atoms with Crippen LogP contribution in [0.3, 0.4) is 0 Å². The first-order valence-corrected chi connectivity index (χ1v) is 6.85. The van der Waals surface area contributed by atoms with E-state index in [4.69, 9.17) is 0 Å². The van der Waals surface area contributed by atoms with Gasteiger partial charge >= 0.3 is 0 Å². The topological polar surface area (TPSA) is 17.1 Å². The summed E-state index contributed by atoms with van der Waals surface area (Å²) in [4.78, 5) is 12.1. The summed E-state index contributed by atoms with van der Waals surface area (Å²) in [6.07, 6.45) is 3.47. The van der Waals surface area contributed by atoms with Crippen LogP contribution in [0.5, 0.6) is 0 Å². The molecule has 0 N–H and O–H groups in total. The second kappa shape index (κ2) is 5.87. The number of ketones is 1. The molecule has 0 amide bonds. The highest BCUT2D eigenvalue weighted by Gasteiger charge is 2.13. The van der Waals surface area contributed by atoms with Gasteiger partial charge in [-0.2, -0.15) is 0 Å². The average molecular weight is 264 g/mol. The molecule has 0 radical (unpaired) electrons. The van der Waals surface area contributed by atoms with Crippen LogP contribution >= 0.6 is 0 Å². The summed E-state index contributed by atoms with van der Waals surface area (Å²) in [6.45, 7) is 6.50. The van der Waals surface area contributed by atoms with Crippen LogP contribution in [0, 0.1) is 0 Å². The Morgan fingerprint density at radius 2 is 1.50 bits per heavy atom. The van der Waals surface area contributed by atoms with Gasteiger partial charge in [0.2, 0.25) is 0 Å². The van der Waals surface area contributed by atoms with Gasteiger partial charge in [-0.05, 0) is 22.6 Å². The highest BCUT2D eigenvalue weighted by atomic mass is 16.1. The fourth-order valence-corrected chi connectivity index (χ4v) is 1.97. The Balaban J connectivity index is 2.12. The van der Waals surface area contributed by atoms with Gasteiger partial charge in [0, 0.05) is 5.56 Å². The normalized spacial score (nSPS) is 11.8. The van der Waals surface area contributed by atoms with Crippen LogP contribution in [0.2, 0.25) is 0 Å². The van der Waals surface area contributed by atoms with Crippen molar-refractivity contribution in [2.75, 3.05) is 0 Å². The minimum atomic E-state index is 0.0364. The highest BCUT2D eigenvalue weighted by molar-refractivity contribution is 6.06. The molecule has 1 heteroatoms. The molecule has 0 aromatic heterocycles. The second-order valence-electron chi connectivity index (χ2n) is 5.94. The van der Waals surface area contributed by atoms with E-state index in [2.05, 4.69) is 20.8 Å². The molecule has 2 aromatic rings. The number of carbonyl (C=O) groups excluding carboxylic acids is 1. The van der Waals surface area contributed by atoms with Gasteiger partial charge in [-0.1, -0.05) is 81.4 Å². The summed E-state index contributed by atoms with van der Waals surface area (Å²) in [6, 6.07) is 17.7. The van der Waals surface area contributed by atoms with Gasteiger partial charge in [-0.3, -0.25) is 4.79 Å². The predicted molar refractivity (Wildman–Crippen MR) is 84.9 cm³/mol. The molecule has 0 aliphatic carbocycles. The molecule has 0 bridgehead atoms. The Morgan fingerprint density at radius 1 is 0.900 bits per heavy atom. The molecule has 0 fully saturated rings. The zero-order valence-corrected chi connectivity index (χ0v) is 12.3. The summed E-state index contributed by atoms with van der Waals surface area (Å²) in [5.74, 6) is 0.0364. The zero-order valence-electron chi connectivity index (χ0n) is 12.3. The Labute approximate surface area is 121 Å². The third-order valence-corrected chi connectivity index (χ3v) is 3.26. The first kappa shape index (κ1) is 14.3. The lowest BCUT2D eigenvalue weighted by atomic mass is 9.86. The lowest BCUT2D eigenvalue weighted by molar-refractivity contribution is 0.104. The molecule has 0 aliphatic rings. The summed E-state index contributed by atoms with van der Waals surface area (Å²) in [5, 5.41) is 0. The van der Waals surface area contributed by atoms with E-state index in [9.17, 15) is 4.79 Å². The number of rotatable bonds is 3. The van der Waals surface area contributed by atoms with Crippen molar-refractivity contribution in [1.82, 2.24) is 0 Å². The minimum Gasteiger partial charge on any atom is -0.289 e. The molecule has 0 spiro atoms. The molecular formula is C19H20O. The Morgan fingerprint density at radius 3 is 2.05 bits per heavy atom. The Bertz CT molecular complexity index is 598. The van der Waals surface area contributed by atoms with Gasteiger partial charge in [0.1, 0.15) is 0 Å². The van der Waals surface area contributed by atoms with Gasteiger partial charge in [0.05, 0.1) is 0 Å². The summed E-state index contributed by atoms with van der Waals surface area (Å²) in [5.41, 5.74) is 3.11. The molecule has 0 atom stereocenters. The smallest absolute Gasteiger partial charge is 0.185 e. The minimum absolute atomic E-state index is 0.0364. The lowest BCUT2D eigenvalue weighted by Gasteiger charge is -2.18. The fraction of sp³-hybridized carbons (Fsp3) is 0.211. The maximum absolute atomic E-state index is 12.1. The molecule has 0 saturated heterocycles. The molecule has 0 aliphatic heterocycles. The monoisotopic (exact) mass is 264 g/mol. The van der Waals surface area contributed by atoms with Crippen LogP contribution in [0.1, 0.15) is 42.3 Å². The van der Waals surface area contributed by atoms with Gasteiger partial charge in [-0.25, -0.2) is 0 Å². The lowest BCUT2D eigenvalue weighted by Crippen LogP contribution is -2.11. The molecular weight excluding hydrogens is 244 g/mol. The molecule has 1 nitrogen and oxygen atoms in total. The number of hydrogen-bond donors (Lipinski definition) is 0. The van der Waals surface area contributed by atoms with Crippen molar-refractivity contribution in [3.8, 4) is 0 Å². The van der Waals surface area contributed by atoms with Crippen molar-refractivity contribution in [2.24, 2.45) is 0 Å². The van der Waals surface area contributed by atoms with Crippen molar-refractivity contribution in [3.63, 3.8) is 0 Å². The third kappa shape index (κ3) is 3.67. The first-order valence-electron chi connectivity index (χ1n) is 6.85. The fourth-order valence-electron chi connectivity index (χ4n) is 1.97. The van der Waals surface area contributed by atoms with Gasteiger partial charge < -0.3 is 0 Å². The molecule has 20 heavy (non-hydrogen) atoms. The number of benzene rings is 2. The van der Waals surface area contributed by atoms with E-state index in [1.54, 1.807) is 6.08 Å². The Kier molecular flexibility index (Phi) is 4.19. The third-order valence-electron chi connectivity index (χ3n) is 3.26. The first-order chi connectivity index (χ1) is 9.47. The Hall–Kier alpha value is -2.15. The van der Waals surface area contributed by atoms with Crippen molar-refractivity contribution >= 4 is 11.9 Å².